The van der Waals surface area contributed by atoms with Gasteiger partial charge in [-0.1, -0.05) is 18.2 Å². The molecule has 2 aromatic rings. The summed E-state index contributed by atoms with van der Waals surface area (Å²) in [6.45, 7) is 1.82. The van der Waals surface area contributed by atoms with Crippen LogP contribution in [0.2, 0.25) is 0 Å². The number of H-pyrrole nitrogens is 1. The van der Waals surface area contributed by atoms with Crippen molar-refractivity contribution in [1.82, 2.24) is 15.3 Å². The Hall–Kier alpha value is -3.77. The molecular formula is C19H24F3N7O3. The van der Waals surface area contributed by atoms with Crippen LogP contribution in [0.4, 0.5) is 19.0 Å². The van der Waals surface area contributed by atoms with Crippen LogP contribution in [0, 0.1) is 6.92 Å². The highest BCUT2D eigenvalue weighted by Gasteiger charge is 2.32. The third-order valence-corrected chi connectivity index (χ3v) is 4.22. The lowest BCUT2D eigenvalue weighted by atomic mass is 10.0. The van der Waals surface area contributed by atoms with E-state index in [1.807, 2.05) is 0 Å². The molecule has 0 saturated heterocycles. The Balaban J connectivity index is 1.97. The second-order valence-electron chi connectivity index (χ2n) is 6.69. The molecule has 1 aromatic carbocycles. The molecule has 2 rings (SSSR count). The van der Waals surface area contributed by atoms with Crippen LogP contribution in [-0.2, 0) is 28.7 Å². The van der Waals surface area contributed by atoms with Gasteiger partial charge in [-0.25, -0.2) is 4.98 Å². The van der Waals surface area contributed by atoms with E-state index in [2.05, 4.69) is 25.8 Å². The van der Waals surface area contributed by atoms with Gasteiger partial charge in [0.15, 0.2) is 5.82 Å². The van der Waals surface area contributed by atoms with E-state index in [9.17, 15) is 22.8 Å². The summed E-state index contributed by atoms with van der Waals surface area (Å²) in [5.41, 5.74) is 9.73. The molecular weight excluding hydrogens is 431 g/mol. The predicted molar refractivity (Wildman–Crippen MR) is 112 cm³/mol. The second-order valence-corrected chi connectivity index (χ2v) is 6.69. The number of benzene rings is 1. The molecule has 1 amide bonds. The molecule has 0 radical (unpaired) electrons. The molecule has 0 spiro atoms. The first kappa shape index (κ1) is 24.5. The molecule has 1 aromatic heterocycles. The highest BCUT2D eigenvalue weighted by Crippen LogP contribution is 2.31. The van der Waals surface area contributed by atoms with Crippen molar-refractivity contribution in [3.05, 3.63) is 57.1 Å². The van der Waals surface area contributed by atoms with Gasteiger partial charge in [-0.3, -0.25) is 9.59 Å². The number of nitrogens with zero attached hydrogens (tertiary/aromatic N) is 2. The number of halogens is 3. The van der Waals surface area contributed by atoms with E-state index >= 15 is 0 Å². The van der Waals surface area contributed by atoms with Crippen LogP contribution < -0.4 is 27.7 Å². The molecule has 10 nitrogen and oxygen atoms in total. The minimum atomic E-state index is -4.47. The van der Waals surface area contributed by atoms with Gasteiger partial charge in [0.05, 0.1) is 24.2 Å². The van der Waals surface area contributed by atoms with Crippen molar-refractivity contribution in [2.24, 2.45) is 16.6 Å². The number of rotatable bonds is 10. The number of nitrogens with two attached hydrogens (primary N) is 2. The van der Waals surface area contributed by atoms with E-state index in [-0.39, 0.29) is 55.8 Å². The molecule has 7 N–H and O–H groups in total. The number of alkyl halides is 3. The zero-order valence-corrected chi connectivity index (χ0v) is 17.3. The number of carbonyl (C=O) groups excluding carboxylic acids is 1. The number of amides is 1. The fourth-order valence-electron chi connectivity index (χ4n) is 2.76. The number of aromatic amines is 1. The third-order valence-electron chi connectivity index (χ3n) is 4.22. The first-order valence-electron chi connectivity index (χ1n) is 9.54. The summed E-state index contributed by atoms with van der Waals surface area (Å²) < 4.78 is 39.3. The number of anilines is 1. The van der Waals surface area contributed by atoms with E-state index in [0.29, 0.717) is 11.4 Å². The van der Waals surface area contributed by atoms with E-state index in [1.165, 1.54) is 18.2 Å². The van der Waals surface area contributed by atoms with Crippen LogP contribution in [0.5, 0.6) is 0 Å². The number of aryl methyl sites for hydroxylation is 1. The molecule has 0 fully saturated rings. The molecule has 0 bridgehead atoms. The number of carbonyl (C=O) groups is 1. The summed E-state index contributed by atoms with van der Waals surface area (Å²) in [6, 6.07) is 5.21. The molecule has 0 unspecified atom stereocenters. The average Bonchev–Trinajstić information content (AvgIpc) is 2.70. The van der Waals surface area contributed by atoms with Gasteiger partial charge in [-0.05, 0) is 30.1 Å². The van der Waals surface area contributed by atoms with Crippen LogP contribution in [0.1, 0.15) is 22.5 Å². The van der Waals surface area contributed by atoms with Gasteiger partial charge in [0.25, 0.3) is 5.56 Å². The monoisotopic (exact) mass is 455 g/mol. The van der Waals surface area contributed by atoms with Crippen molar-refractivity contribution in [2.45, 2.75) is 25.9 Å². The molecule has 0 atom stereocenters. The maximum atomic E-state index is 13.1. The summed E-state index contributed by atoms with van der Waals surface area (Å²) in [5, 5.41) is 8.62. The Morgan fingerprint density at radius 1 is 1.25 bits per heavy atom. The van der Waals surface area contributed by atoms with E-state index in [1.54, 1.807) is 6.92 Å². The minimum absolute atomic E-state index is 0.0241. The first-order chi connectivity index (χ1) is 15.1. The maximum Gasteiger partial charge on any atom is 0.416 e. The molecule has 32 heavy (non-hydrogen) atoms. The van der Waals surface area contributed by atoms with E-state index in [0.717, 1.165) is 6.07 Å². The average molecular weight is 455 g/mol. The maximum absolute atomic E-state index is 13.1. The van der Waals surface area contributed by atoms with Crippen LogP contribution in [0.3, 0.4) is 0 Å². The zero-order chi connectivity index (χ0) is 23.7. The molecule has 0 aliphatic heterocycles. The van der Waals surface area contributed by atoms with Gasteiger partial charge < -0.3 is 31.9 Å². The van der Waals surface area contributed by atoms with Crippen molar-refractivity contribution in [3.63, 3.8) is 0 Å². The highest BCUT2D eigenvalue weighted by molar-refractivity contribution is 5.78. The normalized spacial score (nSPS) is 11.0. The molecule has 0 aliphatic rings. The van der Waals surface area contributed by atoms with E-state index in [4.69, 9.17) is 16.3 Å². The molecule has 174 valence electrons. The topological polar surface area (TPSA) is 161 Å². The van der Waals surface area contributed by atoms with E-state index < -0.39 is 17.3 Å². The lowest BCUT2D eigenvalue weighted by Gasteiger charge is -2.13. The number of hydrogen-bond acceptors (Lipinski definition) is 6. The van der Waals surface area contributed by atoms with Crippen molar-refractivity contribution in [1.29, 1.82) is 0 Å². The Labute approximate surface area is 181 Å². The number of oxime groups is 1. The highest BCUT2D eigenvalue weighted by atomic mass is 19.4. The van der Waals surface area contributed by atoms with Gasteiger partial charge in [-0.15, -0.1) is 0 Å². The summed E-state index contributed by atoms with van der Waals surface area (Å²) >= 11 is 0. The fourth-order valence-corrected chi connectivity index (χ4v) is 2.76. The SMILES string of the molecule is Cc1[nH]c(=O)c(NCCc2ccccc2C(F)(F)F)nc1CC(=O)NCCON=C(N)N. The Kier molecular flexibility index (Phi) is 8.44. The summed E-state index contributed by atoms with van der Waals surface area (Å²) in [4.78, 5) is 35.7. The molecule has 0 saturated carbocycles. The number of guanidine groups is 1. The van der Waals surface area contributed by atoms with Crippen LogP contribution in [-0.4, -0.2) is 41.5 Å². The molecule has 13 heteroatoms. The summed E-state index contributed by atoms with van der Waals surface area (Å²) in [7, 11) is 0. The van der Waals surface area contributed by atoms with Gasteiger partial charge in [0.2, 0.25) is 11.9 Å². The van der Waals surface area contributed by atoms with Crippen molar-refractivity contribution >= 4 is 17.7 Å². The van der Waals surface area contributed by atoms with Crippen LogP contribution >= 0.6 is 0 Å². The first-order valence-corrected chi connectivity index (χ1v) is 9.54. The quantitative estimate of drug-likeness (QED) is 0.152. The van der Waals surface area contributed by atoms with Gasteiger partial charge in [-0.2, -0.15) is 13.2 Å². The molecule has 0 aliphatic carbocycles. The zero-order valence-electron chi connectivity index (χ0n) is 17.3. The lowest BCUT2D eigenvalue weighted by Crippen LogP contribution is -2.30. The Morgan fingerprint density at radius 3 is 2.66 bits per heavy atom. The van der Waals surface area contributed by atoms with Crippen molar-refractivity contribution < 1.29 is 22.8 Å². The fraction of sp³-hybridized carbons (Fsp3) is 0.368. The Bertz CT molecular complexity index is 1020. The summed E-state index contributed by atoms with van der Waals surface area (Å²) in [5.74, 6) is -0.712. The lowest BCUT2D eigenvalue weighted by molar-refractivity contribution is -0.138. The van der Waals surface area contributed by atoms with Crippen molar-refractivity contribution in [2.75, 3.05) is 25.0 Å². The summed E-state index contributed by atoms with van der Waals surface area (Å²) in [6.07, 6.45) is -4.57. The van der Waals surface area contributed by atoms with Gasteiger partial charge >= 0.3 is 6.18 Å². The number of nitrogens with one attached hydrogen (secondary N) is 3. The Morgan fingerprint density at radius 2 is 1.97 bits per heavy atom. The standard InChI is InChI=1S/C19H24F3N7O3/c1-11-14(10-15(30)25-8-9-32-29-18(23)24)28-16(17(31)27-11)26-7-6-12-4-2-3-5-13(12)19(20,21)22/h2-5H,6-10H2,1H3,(H,25,30)(H,26,28)(H,27,31)(H4,23,24,29). The largest absolute Gasteiger partial charge is 0.416 e. The van der Waals surface area contributed by atoms with Gasteiger partial charge in [0, 0.05) is 12.2 Å². The molecule has 1 heterocycles. The van der Waals surface area contributed by atoms with Crippen molar-refractivity contribution in [3.8, 4) is 0 Å². The number of aromatic nitrogens is 2. The minimum Gasteiger partial charge on any atom is -0.391 e. The number of hydrogen-bond donors (Lipinski definition) is 5. The van der Waals surface area contributed by atoms with Crippen LogP contribution in [0.15, 0.2) is 34.2 Å². The predicted octanol–water partition coefficient (Wildman–Crippen LogP) is 0.615. The van der Waals surface area contributed by atoms with Gasteiger partial charge in [0.1, 0.15) is 6.61 Å². The second kappa shape index (κ2) is 11.0. The third kappa shape index (κ3) is 7.49. The van der Waals surface area contributed by atoms with Crippen LogP contribution in [0.25, 0.3) is 0 Å². The smallest absolute Gasteiger partial charge is 0.391 e.